The van der Waals surface area contributed by atoms with E-state index < -0.39 is 23.8 Å². The number of anilines is 1. The molecule has 6 rings (SSSR count). The summed E-state index contributed by atoms with van der Waals surface area (Å²) in [5.41, 5.74) is 2.11. The van der Waals surface area contributed by atoms with Gasteiger partial charge in [-0.25, -0.2) is 23.1 Å². The standard InChI is InChI=1S/C27H25F3N6O/c1-14(17-4-3-5-18(22(17)28)23(29)30)32-25-20-12-19(16-8-9-21(37)35(2)13-16)26-31-10-11-36(26)27(20)34-24(33-25)15-6-7-15/h3-5,8-9,12-15,23,31H,6-7,10-11H2,1-2H3/t14-/m1/s1. The summed E-state index contributed by atoms with van der Waals surface area (Å²) in [5.74, 6) is 1.61. The number of pyridine rings is 2. The first-order valence-corrected chi connectivity index (χ1v) is 12.3. The van der Waals surface area contributed by atoms with Gasteiger partial charge in [-0.3, -0.25) is 9.79 Å². The highest BCUT2D eigenvalue weighted by Gasteiger charge is 2.31. The van der Waals surface area contributed by atoms with Crippen molar-refractivity contribution in [2.75, 3.05) is 11.9 Å². The van der Waals surface area contributed by atoms with E-state index >= 15 is 0 Å². The van der Waals surface area contributed by atoms with Gasteiger partial charge in [0.15, 0.2) is 5.49 Å². The van der Waals surface area contributed by atoms with Gasteiger partial charge in [0.2, 0.25) is 5.56 Å². The highest BCUT2D eigenvalue weighted by molar-refractivity contribution is 5.82. The third-order valence-electron chi connectivity index (χ3n) is 7.02. The van der Waals surface area contributed by atoms with E-state index in [0.717, 1.165) is 48.2 Å². The van der Waals surface area contributed by atoms with E-state index in [-0.39, 0.29) is 17.0 Å². The highest BCUT2D eigenvalue weighted by Crippen LogP contribution is 2.40. The zero-order valence-corrected chi connectivity index (χ0v) is 20.4. The Morgan fingerprint density at radius 2 is 1.89 bits per heavy atom. The molecule has 3 aliphatic heterocycles. The molecule has 0 bridgehead atoms. The molecule has 7 nitrogen and oxygen atoms in total. The van der Waals surface area contributed by atoms with Gasteiger partial charge in [-0.1, -0.05) is 18.2 Å². The molecule has 2 aromatic rings. The van der Waals surface area contributed by atoms with Crippen LogP contribution in [-0.4, -0.2) is 25.6 Å². The van der Waals surface area contributed by atoms with Crippen molar-refractivity contribution in [2.24, 2.45) is 12.0 Å². The Morgan fingerprint density at radius 3 is 2.62 bits per heavy atom. The molecule has 1 fully saturated rings. The first kappa shape index (κ1) is 23.4. The van der Waals surface area contributed by atoms with E-state index in [4.69, 9.17) is 15.0 Å². The first-order chi connectivity index (χ1) is 17.8. The smallest absolute Gasteiger partial charge is 0.266 e. The summed E-state index contributed by atoms with van der Waals surface area (Å²) in [6.45, 7) is 3.08. The molecule has 0 radical (unpaired) electrons. The zero-order valence-electron chi connectivity index (χ0n) is 20.4. The summed E-state index contributed by atoms with van der Waals surface area (Å²) in [6.07, 6.45) is 0.845. The summed E-state index contributed by atoms with van der Waals surface area (Å²) in [5, 5.41) is 3.43. The molecule has 1 N–H and O–H groups in total. The van der Waals surface area contributed by atoms with Crippen molar-refractivity contribution in [3.05, 3.63) is 81.2 Å². The average Bonchev–Trinajstić information content (AvgIpc) is 3.61. The van der Waals surface area contributed by atoms with Gasteiger partial charge >= 0.3 is 0 Å². The summed E-state index contributed by atoms with van der Waals surface area (Å²) >= 11 is 0. The molecule has 190 valence electrons. The van der Waals surface area contributed by atoms with E-state index in [1.54, 1.807) is 26.2 Å². The first-order valence-electron chi connectivity index (χ1n) is 12.3. The van der Waals surface area contributed by atoms with Crippen molar-refractivity contribution in [3.63, 3.8) is 0 Å². The number of nitrogens with zero attached hydrogens (tertiary/aromatic N) is 5. The number of hydrogen-bond acceptors (Lipinski definition) is 5. The number of aromatic nitrogens is 4. The minimum Gasteiger partial charge on any atom is -0.369 e. The Balaban J connectivity index is 1.59. The third-order valence-corrected chi connectivity index (χ3v) is 7.02. The van der Waals surface area contributed by atoms with Crippen LogP contribution in [0, 0.1) is 5.82 Å². The molecule has 1 aromatic heterocycles. The molecule has 0 amide bonds. The van der Waals surface area contributed by atoms with Gasteiger partial charge < -0.3 is 14.5 Å². The maximum absolute atomic E-state index is 14.9. The Kier molecular flexibility index (Phi) is 5.62. The van der Waals surface area contributed by atoms with Crippen molar-refractivity contribution >= 4 is 5.82 Å². The van der Waals surface area contributed by atoms with Crippen LogP contribution >= 0.6 is 0 Å². The van der Waals surface area contributed by atoms with Gasteiger partial charge in [-0.05, 0) is 31.9 Å². The second kappa shape index (κ2) is 8.86. The number of benzene rings is 1. The lowest BCUT2D eigenvalue weighted by molar-refractivity contribution is 0.146. The summed E-state index contributed by atoms with van der Waals surface area (Å²) in [7, 11) is 1.70. The predicted octanol–water partition coefficient (Wildman–Crippen LogP) is 4.79. The van der Waals surface area contributed by atoms with Crippen LogP contribution in [0.4, 0.5) is 19.0 Å². The number of alkyl halides is 2. The fourth-order valence-corrected chi connectivity index (χ4v) is 4.86. The highest BCUT2D eigenvalue weighted by atomic mass is 19.3. The van der Waals surface area contributed by atoms with Crippen LogP contribution in [-0.2, 0) is 13.6 Å². The molecule has 4 aliphatic rings. The monoisotopic (exact) mass is 506 g/mol. The molecule has 0 spiro atoms. The molecule has 10 heteroatoms. The minimum absolute atomic E-state index is 0.0892. The normalized spacial score (nSPS) is 16.3. The number of halogens is 3. The van der Waals surface area contributed by atoms with Crippen LogP contribution in [0.5, 0.6) is 0 Å². The largest absolute Gasteiger partial charge is 0.369 e. The van der Waals surface area contributed by atoms with Gasteiger partial charge in [0.25, 0.3) is 6.43 Å². The Morgan fingerprint density at radius 1 is 1.11 bits per heavy atom. The van der Waals surface area contributed by atoms with E-state index in [9.17, 15) is 18.0 Å². The summed E-state index contributed by atoms with van der Waals surface area (Å²) < 4.78 is 45.2. The lowest BCUT2D eigenvalue weighted by Crippen LogP contribution is -2.22. The fourth-order valence-electron chi connectivity index (χ4n) is 4.86. The average molecular weight is 507 g/mol. The number of rotatable bonds is 5. The maximum atomic E-state index is 14.9. The van der Waals surface area contributed by atoms with Crippen molar-refractivity contribution in [1.29, 1.82) is 0 Å². The van der Waals surface area contributed by atoms with Gasteiger partial charge in [0.05, 0.1) is 17.2 Å². The van der Waals surface area contributed by atoms with E-state index in [2.05, 4.69) is 9.88 Å². The summed E-state index contributed by atoms with van der Waals surface area (Å²) in [4.78, 5) is 26.4. The van der Waals surface area contributed by atoms with Crippen LogP contribution < -0.4 is 16.4 Å². The second-order valence-corrected chi connectivity index (χ2v) is 9.63. The van der Waals surface area contributed by atoms with Crippen LogP contribution in [0.25, 0.3) is 22.5 Å². The van der Waals surface area contributed by atoms with E-state index in [1.807, 2.05) is 6.07 Å². The third kappa shape index (κ3) is 4.10. The lowest BCUT2D eigenvalue weighted by Gasteiger charge is -2.19. The zero-order chi connectivity index (χ0) is 25.8. The quantitative estimate of drug-likeness (QED) is 0.422. The molecule has 1 aromatic carbocycles. The number of aryl methyl sites for hydroxylation is 1. The van der Waals surface area contributed by atoms with Crippen LogP contribution in [0.1, 0.15) is 55.1 Å². The van der Waals surface area contributed by atoms with Crippen LogP contribution in [0.3, 0.4) is 0 Å². The Labute approximate surface area is 210 Å². The summed E-state index contributed by atoms with van der Waals surface area (Å²) in [6, 6.07) is 8.47. The molecule has 0 saturated heterocycles. The predicted molar refractivity (Wildman–Crippen MR) is 133 cm³/mol. The SMILES string of the molecule is C[C@@H](N=c1nc(C2CC2)nc2n3c(c(-c4ccc(=O)n(C)c4)cc1-2)NCC3)c1cccc(C(F)F)c1F. The van der Waals surface area contributed by atoms with Gasteiger partial charge in [0, 0.05) is 55.0 Å². The number of fused-ring (bicyclic) bond motifs is 3. The second-order valence-electron chi connectivity index (χ2n) is 9.63. The Bertz CT molecular complexity index is 1620. The molecule has 1 saturated carbocycles. The van der Waals surface area contributed by atoms with Crippen LogP contribution in [0.15, 0.2) is 52.4 Å². The molecule has 37 heavy (non-hydrogen) atoms. The molecule has 1 aliphatic carbocycles. The van der Waals surface area contributed by atoms with E-state index in [0.29, 0.717) is 23.4 Å². The fraction of sp³-hybridized carbons (Fsp3) is 0.333. The molecular weight excluding hydrogens is 481 g/mol. The molecule has 1 atom stereocenters. The number of hydrogen-bond donors (Lipinski definition) is 1. The van der Waals surface area contributed by atoms with Crippen molar-refractivity contribution in [2.45, 2.75) is 44.7 Å². The van der Waals surface area contributed by atoms with Crippen molar-refractivity contribution in [1.82, 2.24) is 19.1 Å². The van der Waals surface area contributed by atoms with Crippen molar-refractivity contribution in [3.8, 4) is 22.5 Å². The van der Waals surface area contributed by atoms with Crippen molar-refractivity contribution < 1.29 is 13.2 Å². The lowest BCUT2D eigenvalue weighted by atomic mass is 10.0. The molecular formula is C27H25F3N6O. The van der Waals surface area contributed by atoms with Gasteiger partial charge in [-0.2, -0.15) is 0 Å². The topological polar surface area (TPSA) is 77.1 Å². The Hall–Kier alpha value is -3.95. The van der Waals surface area contributed by atoms with Gasteiger partial charge in [-0.15, -0.1) is 0 Å². The van der Waals surface area contributed by atoms with E-state index in [1.165, 1.54) is 22.8 Å². The van der Waals surface area contributed by atoms with Gasteiger partial charge in [0.1, 0.15) is 23.3 Å². The minimum atomic E-state index is -2.91. The molecule has 4 heterocycles. The number of nitrogens with one attached hydrogen (secondary N) is 1. The molecule has 0 unspecified atom stereocenters. The maximum Gasteiger partial charge on any atom is 0.266 e. The van der Waals surface area contributed by atoms with Crippen LogP contribution in [0.2, 0.25) is 0 Å².